The van der Waals surface area contributed by atoms with Crippen molar-refractivity contribution in [2.24, 2.45) is 5.92 Å². The Balaban J connectivity index is 1.45. The van der Waals surface area contributed by atoms with Gasteiger partial charge in [0.25, 0.3) is 5.91 Å². The van der Waals surface area contributed by atoms with Crippen LogP contribution in [0.3, 0.4) is 0 Å². The largest absolute Gasteiger partial charge is 0.472 e. The molecule has 4 aromatic rings. The molecule has 1 heterocycles. The third kappa shape index (κ3) is 10.6. The fourth-order valence-electron chi connectivity index (χ4n) is 6.36. The number of carbonyl (C=O) groups excluding carboxylic acids is 3. The van der Waals surface area contributed by atoms with Crippen LogP contribution in [0.25, 0.3) is 0 Å². The summed E-state index contributed by atoms with van der Waals surface area (Å²) in [6.07, 6.45) is 3.75. The fourth-order valence-corrected chi connectivity index (χ4v) is 6.36. The van der Waals surface area contributed by atoms with Gasteiger partial charge in [-0.15, -0.1) is 0 Å². The minimum absolute atomic E-state index is 0.00725. The molecule has 0 atom stereocenters. The first kappa shape index (κ1) is 38.5. The summed E-state index contributed by atoms with van der Waals surface area (Å²) in [5.41, 5.74) is 2.44. The van der Waals surface area contributed by atoms with Crippen molar-refractivity contribution in [1.82, 2.24) is 20.2 Å². The lowest BCUT2D eigenvalue weighted by Crippen LogP contribution is -2.39. The maximum absolute atomic E-state index is 14.3. The number of benzene rings is 3. The molecule has 0 spiro atoms. The number of Topliss-reactive ketones (excluding diaryl/α,β-unsaturated/α-hetero) is 2. The molecule has 10 nitrogen and oxygen atoms in total. The van der Waals surface area contributed by atoms with Gasteiger partial charge in [0.2, 0.25) is 5.88 Å². The average Bonchev–Trinajstić information content (AvgIpc) is 3.13. The Kier molecular flexibility index (Phi) is 13.1. The second-order valence-electron chi connectivity index (χ2n) is 13.2. The number of rotatable bonds is 16. The lowest BCUT2D eigenvalue weighted by molar-refractivity contribution is -0.126. The topological polar surface area (TPSA) is 135 Å². The Morgan fingerprint density at radius 3 is 2.00 bits per heavy atom. The van der Waals surface area contributed by atoms with Crippen LogP contribution in [0.2, 0.25) is 0 Å². The zero-order valence-electron chi connectivity index (χ0n) is 30.0. The van der Waals surface area contributed by atoms with Gasteiger partial charge in [-0.3, -0.25) is 14.4 Å². The highest BCUT2D eigenvalue weighted by molar-refractivity contribution is 6.13. The number of ether oxygens (including phenoxy) is 2. The Bertz CT molecular complexity index is 1940. The zero-order chi connectivity index (χ0) is 37.9. The predicted octanol–water partition coefficient (Wildman–Crippen LogP) is 7.09. The first-order chi connectivity index (χ1) is 25.5. The van der Waals surface area contributed by atoms with Crippen LogP contribution < -0.4 is 14.8 Å². The van der Waals surface area contributed by atoms with Crippen LogP contribution >= 0.6 is 0 Å². The van der Waals surface area contributed by atoms with Gasteiger partial charge in [-0.1, -0.05) is 60.7 Å². The minimum atomic E-state index is -0.840. The fraction of sp³-hybridized carbons (Fsp3) is 0.317. The highest BCUT2D eigenvalue weighted by atomic mass is 19.1. The molecule has 0 aliphatic heterocycles. The van der Waals surface area contributed by atoms with E-state index in [4.69, 9.17) is 14.9 Å². The van der Waals surface area contributed by atoms with Crippen molar-refractivity contribution in [3.8, 4) is 11.9 Å². The van der Waals surface area contributed by atoms with E-state index in [1.807, 2.05) is 60.7 Å². The number of ketones is 2. The molecule has 12 heteroatoms. The molecule has 1 amide bonds. The number of aryl methyl sites for hydroxylation is 1. The molecule has 0 unspecified atom stereocenters. The van der Waals surface area contributed by atoms with E-state index in [1.54, 1.807) is 20.8 Å². The molecule has 0 radical (unpaired) electrons. The van der Waals surface area contributed by atoms with Gasteiger partial charge in [0.15, 0.2) is 5.78 Å². The summed E-state index contributed by atoms with van der Waals surface area (Å²) in [4.78, 5) is 50.3. The van der Waals surface area contributed by atoms with Crippen molar-refractivity contribution in [3.63, 3.8) is 0 Å². The van der Waals surface area contributed by atoms with Gasteiger partial charge in [-0.05, 0) is 75.3 Å². The van der Waals surface area contributed by atoms with E-state index in [9.17, 15) is 23.2 Å². The number of hydrogen-bond donors (Lipinski definition) is 2. The van der Waals surface area contributed by atoms with Gasteiger partial charge in [-0.25, -0.2) is 8.78 Å². The van der Waals surface area contributed by atoms with E-state index in [1.165, 1.54) is 0 Å². The lowest BCUT2D eigenvalue weighted by Gasteiger charge is -2.30. The van der Waals surface area contributed by atoms with Crippen LogP contribution in [0, 0.1) is 29.9 Å². The van der Waals surface area contributed by atoms with E-state index >= 15 is 0 Å². The molecule has 0 saturated heterocycles. The van der Waals surface area contributed by atoms with E-state index in [0.29, 0.717) is 31.4 Å². The minimum Gasteiger partial charge on any atom is -0.472 e. The lowest BCUT2D eigenvalue weighted by atomic mass is 9.84. The highest BCUT2D eigenvalue weighted by Crippen LogP contribution is 2.27. The summed E-state index contributed by atoms with van der Waals surface area (Å²) in [6, 6.07) is 21.6. The van der Waals surface area contributed by atoms with Crippen LogP contribution in [0.1, 0.15) is 72.3 Å². The second-order valence-corrected chi connectivity index (χ2v) is 13.2. The molecular formula is C41H43F2N5O5. The van der Waals surface area contributed by atoms with Gasteiger partial charge in [0.05, 0.1) is 17.8 Å². The van der Waals surface area contributed by atoms with Crippen molar-refractivity contribution < 1.29 is 32.6 Å². The van der Waals surface area contributed by atoms with E-state index in [2.05, 4.69) is 15.3 Å². The summed E-state index contributed by atoms with van der Waals surface area (Å²) in [6.45, 7) is 4.21. The van der Waals surface area contributed by atoms with E-state index in [0.717, 1.165) is 40.4 Å². The first-order valence-electron chi connectivity index (χ1n) is 17.5. The molecule has 53 heavy (non-hydrogen) atoms. The molecule has 1 fully saturated rings. The Labute approximate surface area is 307 Å². The smallest absolute Gasteiger partial charge is 0.320 e. The SMILES string of the molecule is C/C(N[C@H]1CC[C@H](C(C)=O)CC1)=C(/C=N)C(=O)N(CC(=O)c1c(C)nc(OCc2ccccc2)nc1OCc1ccccc1)Cc1cc(F)cc(F)c1. The number of allylic oxidation sites excluding steroid dienone is 1. The van der Waals surface area contributed by atoms with Crippen molar-refractivity contribution >= 4 is 23.7 Å². The maximum Gasteiger partial charge on any atom is 0.320 e. The van der Waals surface area contributed by atoms with Crippen LogP contribution in [-0.2, 0) is 29.3 Å². The van der Waals surface area contributed by atoms with E-state index in [-0.39, 0.29) is 71.8 Å². The summed E-state index contributed by atoms with van der Waals surface area (Å²) >= 11 is 0. The number of aromatic nitrogens is 2. The normalized spacial score (nSPS) is 15.9. The molecule has 0 bridgehead atoms. The Morgan fingerprint density at radius 1 is 0.849 bits per heavy atom. The molecule has 1 aliphatic carbocycles. The van der Waals surface area contributed by atoms with Crippen LogP contribution in [0.4, 0.5) is 8.78 Å². The third-order valence-corrected chi connectivity index (χ3v) is 9.16. The maximum atomic E-state index is 14.3. The molecular weight excluding hydrogens is 680 g/mol. The summed E-state index contributed by atoms with van der Waals surface area (Å²) < 4.78 is 40.6. The summed E-state index contributed by atoms with van der Waals surface area (Å²) in [5.74, 6) is -2.87. The number of halogens is 2. The van der Waals surface area contributed by atoms with Crippen molar-refractivity contribution in [2.45, 2.75) is 72.3 Å². The van der Waals surface area contributed by atoms with Crippen molar-refractivity contribution in [2.75, 3.05) is 6.54 Å². The predicted molar refractivity (Wildman–Crippen MR) is 195 cm³/mol. The monoisotopic (exact) mass is 723 g/mol. The molecule has 2 N–H and O–H groups in total. The molecule has 276 valence electrons. The molecule has 5 rings (SSSR count). The van der Waals surface area contributed by atoms with Crippen LogP contribution in [0.5, 0.6) is 11.9 Å². The number of amides is 1. The van der Waals surface area contributed by atoms with Crippen LogP contribution in [0.15, 0.2) is 90.1 Å². The average molecular weight is 724 g/mol. The van der Waals surface area contributed by atoms with Crippen LogP contribution in [-0.4, -0.2) is 51.1 Å². The standard InChI is InChI=1S/C41H43F2N5O5/c1-26(45-35-16-14-32(15-17-35)28(3)49)36(21-44)40(51)48(22-31-18-33(42)20-34(43)19-31)23-37(50)38-27(2)46-41(53-25-30-12-8-5-9-13-30)47-39(38)52-24-29-10-6-4-7-11-29/h4-13,18-21,32,35,44-45H,14-17,22-25H2,1-3H3/b36-26+,44-21?/t32-,35-. The molecule has 3 aromatic carbocycles. The highest BCUT2D eigenvalue weighted by Gasteiger charge is 2.29. The summed E-state index contributed by atoms with van der Waals surface area (Å²) in [7, 11) is 0. The molecule has 1 aliphatic rings. The first-order valence-corrected chi connectivity index (χ1v) is 17.5. The Morgan fingerprint density at radius 2 is 1.43 bits per heavy atom. The third-order valence-electron chi connectivity index (χ3n) is 9.16. The number of nitrogens with one attached hydrogen (secondary N) is 2. The number of hydrogen-bond acceptors (Lipinski definition) is 9. The van der Waals surface area contributed by atoms with Gasteiger partial charge >= 0.3 is 6.01 Å². The zero-order valence-corrected chi connectivity index (χ0v) is 30.0. The number of nitrogens with zero attached hydrogens (tertiary/aromatic N) is 3. The van der Waals surface area contributed by atoms with E-state index < -0.39 is 29.9 Å². The van der Waals surface area contributed by atoms with Crippen molar-refractivity contribution in [1.29, 1.82) is 5.41 Å². The van der Waals surface area contributed by atoms with Crippen molar-refractivity contribution in [3.05, 3.63) is 130 Å². The van der Waals surface area contributed by atoms with Gasteiger partial charge in [0, 0.05) is 36.5 Å². The Hall–Kier alpha value is -5.78. The molecule has 1 saturated carbocycles. The number of carbonyl (C=O) groups is 3. The van der Waals surface area contributed by atoms with Gasteiger partial charge in [0.1, 0.15) is 36.2 Å². The molecule has 1 aromatic heterocycles. The van der Waals surface area contributed by atoms with Gasteiger partial charge in [-0.2, -0.15) is 9.97 Å². The summed E-state index contributed by atoms with van der Waals surface area (Å²) in [5, 5.41) is 11.5. The quantitative estimate of drug-likeness (QED) is 0.0711. The van der Waals surface area contributed by atoms with Gasteiger partial charge < -0.3 is 25.1 Å². The second kappa shape index (κ2) is 18.1.